The minimum Gasteiger partial charge on any atom is -0.0776 e. The second kappa shape index (κ2) is 14.0. The van der Waals surface area contributed by atoms with Gasteiger partial charge in [0.15, 0.2) is 0 Å². The first kappa shape index (κ1) is 24.3. The molecular formula is C15H38. The molecule has 0 aromatic rings. The molecule has 98 valence electrons. The maximum Gasteiger partial charge on any atom is -0.0389 e. The molecule has 0 aromatic heterocycles. The average molecular weight is 218 g/mol. The van der Waals surface area contributed by atoms with E-state index in [2.05, 4.69) is 27.7 Å². The summed E-state index contributed by atoms with van der Waals surface area (Å²) in [5.41, 5.74) is 0. The first-order valence-corrected chi connectivity index (χ1v) is 6.13. The van der Waals surface area contributed by atoms with E-state index in [9.17, 15) is 0 Å². The molecule has 15 heavy (non-hydrogen) atoms. The van der Waals surface area contributed by atoms with Gasteiger partial charge >= 0.3 is 0 Å². The monoisotopic (exact) mass is 218 g/mol. The van der Waals surface area contributed by atoms with Crippen molar-refractivity contribution in [2.24, 2.45) is 23.7 Å². The first-order chi connectivity index (χ1) is 6.13. The van der Waals surface area contributed by atoms with E-state index in [-0.39, 0.29) is 14.9 Å². The molecule has 0 nitrogen and oxygen atoms in total. The molecule has 0 amide bonds. The molecule has 1 saturated carbocycles. The van der Waals surface area contributed by atoms with Gasteiger partial charge < -0.3 is 0 Å². The van der Waals surface area contributed by atoms with Gasteiger partial charge in [-0.15, -0.1) is 0 Å². The van der Waals surface area contributed by atoms with Crippen LogP contribution in [-0.2, 0) is 0 Å². The van der Waals surface area contributed by atoms with Gasteiger partial charge in [-0.05, 0) is 30.1 Å². The fraction of sp³-hybridized carbons (Fsp3) is 1.00. The van der Waals surface area contributed by atoms with Crippen LogP contribution in [0.3, 0.4) is 0 Å². The van der Waals surface area contributed by atoms with Crippen molar-refractivity contribution in [1.29, 1.82) is 0 Å². The minimum absolute atomic E-state index is 0. The fourth-order valence-electron chi connectivity index (χ4n) is 2.05. The Labute approximate surface area is 101 Å². The SMILES string of the molecule is C.C.CC.CC.C[C@@H]1[C@H](C)[C@H](C)C[C@@H]1C. The second-order valence-electron chi connectivity index (χ2n) is 3.91. The van der Waals surface area contributed by atoms with Crippen LogP contribution in [0.2, 0.25) is 0 Å². The topological polar surface area (TPSA) is 0 Å². The van der Waals surface area contributed by atoms with E-state index in [4.69, 9.17) is 0 Å². The molecule has 0 unspecified atom stereocenters. The summed E-state index contributed by atoms with van der Waals surface area (Å²) in [7, 11) is 0. The molecule has 1 aliphatic carbocycles. The molecular weight excluding hydrogens is 180 g/mol. The lowest BCUT2D eigenvalue weighted by Gasteiger charge is -2.14. The van der Waals surface area contributed by atoms with E-state index >= 15 is 0 Å². The Bertz CT molecular complexity index is 84.2. The summed E-state index contributed by atoms with van der Waals surface area (Å²) in [5.74, 6) is 3.85. The van der Waals surface area contributed by atoms with Gasteiger partial charge in [0, 0.05) is 0 Å². The third kappa shape index (κ3) is 7.88. The molecule has 1 rings (SSSR count). The van der Waals surface area contributed by atoms with Crippen LogP contribution in [0.5, 0.6) is 0 Å². The van der Waals surface area contributed by atoms with Gasteiger partial charge in [-0.25, -0.2) is 0 Å². The van der Waals surface area contributed by atoms with E-state index in [1.54, 1.807) is 0 Å². The van der Waals surface area contributed by atoms with Gasteiger partial charge in [-0.3, -0.25) is 0 Å². The van der Waals surface area contributed by atoms with Gasteiger partial charge in [0.2, 0.25) is 0 Å². The molecule has 1 aliphatic rings. The lowest BCUT2D eigenvalue weighted by atomic mass is 9.92. The maximum atomic E-state index is 2.39. The normalized spacial score (nSPS) is 32.0. The molecule has 0 heterocycles. The van der Waals surface area contributed by atoms with E-state index in [1.807, 2.05) is 27.7 Å². The van der Waals surface area contributed by atoms with Crippen molar-refractivity contribution < 1.29 is 0 Å². The Balaban J connectivity index is -0.0000000910. The van der Waals surface area contributed by atoms with Crippen LogP contribution >= 0.6 is 0 Å². The fourth-order valence-corrected chi connectivity index (χ4v) is 2.05. The maximum absolute atomic E-state index is 2.39. The Kier molecular flexibility index (Phi) is 22.7. The highest BCUT2D eigenvalue weighted by Crippen LogP contribution is 2.40. The first-order valence-electron chi connectivity index (χ1n) is 6.13. The molecule has 1 fully saturated rings. The second-order valence-corrected chi connectivity index (χ2v) is 3.91. The zero-order valence-electron chi connectivity index (χ0n) is 11.0. The van der Waals surface area contributed by atoms with Crippen LogP contribution in [0, 0.1) is 23.7 Å². The zero-order valence-corrected chi connectivity index (χ0v) is 11.0. The molecule has 4 atom stereocenters. The van der Waals surface area contributed by atoms with Crippen LogP contribution in [0.4, 0.5) is 0 Å². The van der Waals surface area contributed by atoms with E-state index in [1.165, 1.54) is 6.42 Å². The van der Waals surface area contributed by atoms with Gasteiger partial charge in [0.05, 0.1) is 0 Å². The highest BCUT2D eigenvalue weighted by Gasteiger charge is 2.31. The summed E-state index contributed by atoms with van der Waals surface area (Å²) in [4.78, 5) is 0. The van der Waals surface area contributed by atoms with Crippen LogP contribution < -0.4 is 0 Å². The molecule has 0 N–H and O–H groups in total. The number of rotatable bonds is 0. The van der Waals surface area contributed by atoms with Crippen molar-refractivity contribution in [3.63, 3.8) is 0 Å². The smallest absolute Gasteiger partial charge is 0.0389 e. The van der Waals surface area contributed by atoms with Gasteiger partial charge in [0.1, 0.15) is 0 Å². The molecule has 0 aliphatic heterocycles. The van der Waals surface area contributed by atoms with Crippen molar-refractivity contribution >= 4 is 0 Å². The Morgan fingerprint density at radius 3 is 0.867 bits per heavy atom. The van der Waals surface area contributed by atoms with Crippen molar-refractivity contribution in [2.75, 3.05) is 0 Å². The van der Waals surface area contributed by atoms with Gasteiger partial charge in [0.25, 0.3) is 0 Å². The van der Waals surface area contributed by atoms with Crippen molar-refractivity contribution in [3.05, 3.63) is 0 Å². The Hall–Kier alpha value is 0. The molecule has 0 aromatic carbocycles. The van der Waals surface area contributed by atoms with E-state index in [0.717, 1.165) is 23.7 Å². The number of hydrogen-bond donors (Lipinski definition) is 0. The highest BCUT2D eigenvalue weighted by molar-refractivity contribution is 4.81. The number of hydrogen-bond acceptors (Lipinski definition) is 0. The Morgan fingerprint density at radius 1 is 0.600 bits per heavy atom. The van der Waals surface area contributed by atoms with E-state index in [0.29, 0.717) is 0 Å². The third-order valence-electron chi connectivity index (χ3n) is 3.37. The minimum atomic E-state index is 0. The van der Waals surface area contributed by atoms with E-state index < -0.39 is 0 Å². The largest absolute Gasteiger partial charge is 0.0776 e. The summed E-state index contributed by atoms with van der Waals surface area (Å²) in [6, 6.07) is 0. The average Bonchev–Trinajstić information content (AvgIpc) is 2.40. The van der Waals surface area contributed by atoms with Crippen molar-refractivity contribution in [3.8, 4) is 0 Å². The molecule has 0 heteroatoms. The summed E-state index contributed by atoms with van der Waals surface area (Å²) < 4.78 is 0. The zero-order chi connectivity index (χ0) is 11.0. The quantitative estimate of drug-likeness (QED) is 0.450. The summed E-state index contributed by atoms with van der Waals surface area (Å²) in [6.45, 7) is 17.5. The van der Waals surface area contributed by atoms with Crippen LogP contribution in [0.15, 0.2) is 0 Å². The van der Waals surface area contributed by atoms with Crippen molar-refractivity contribution in [1.82, 2.24) is 0 Å². The molecule has 0 saturated heterocycles. The van der Waals surface area contributed by atoms with Crippen LogP contribution in [0.1, 0.15) is 76.7 Å². The molecule has 0 bridgehead atoms. The standard InChI is InChI=1S/C9H18.2C2H6.2CH4/c1-6-5-7(2)9(4)8(6)3;2*1-2;;/h6-9H,5H2,1-4H3;2*1-2H3;2*1H4/t6-,7+,8-,9+;;;;. The predicted molar refractivity (Wildman–Crippen MR) is 77.4 cm³/mol. The van der Waals surface area contributed by atoms with Crippen LogP contribution in [0.25, 0.3) is 0 Å². The molecule has 0 radical (unpaired) electrons. The summed E-state index contributed by atoms with van der Waals surface area (Å²) in [6.07, 6.45) is 1.45. The van der Waals surface area contributed by atoms with Crippen LogP contribution in [-0.4, -0.2) is 0 Å². The van der Waals surface area contributed by atoms with Gasteiger partial charge in [-0.1, -0.05) is 70.2 Å². The molecule has 0 spiro atoms. The lowest BCUT2D eigenvalue weighted by molar-refractivity contribution is 0.352. The highest BCUT2D eigenvalue weighted by atomic mass is 14.4. The lowest BCUT2D eigenvalue weighted by Crippen LogP contribution is -2.07. The Morgan fingerprint density at radius 2 is 0.800 bits per heavy atom. The summed E-state index contributed by atoms with van der Waals surface area (Å²) >= 11 is 0. The summed E-state index contributed by atoms with van der Waals surface area (Å²) in [5, 5.41) is 0. The van der Waals surface area contributed by atoms with Gasteiger partial charge in [-0.2, -0.15) is 0 Å². The third-order valence-corrected chi connectivity index (χ3v) is 3.37. The van der Waals surface area contributed by atoms with Crippen molar-refractivity contribution in [2.45, 2.75) is 76.7 Å². The predicted octanol–water partition coefficient (Wildman–Crippen LogP) is 6.26.